The fourth-order valence-electron chi connectivity index (χ4n) is 1.60. The topological polar surface area (TPSA) is 35.0 Å². The first-order valence-corrected chi connectivity index (χ1v) is 4.93. The van der Waals surface area contributed by atoms with Crippen LogP contribution < -0.4 is 6.15 Å². The monoisotopic (exact) mass is 199 g/mol. The summed E-state index contributed by atoms with van der Waals surface area (Å²) >= 11 is 0. The number of rotatable bonds is 1. The lowest BCUT2D eigenvalue weighted by molar-refractivity contribution is 1.57. The quantitative estimate of drug-likeness (QED) is 0.724. The van der Waals surface area contributed by atoms with E-state index in [2.05, 4.69) is 62.4 Å². The van der Waals surface area contributed by atoms with Crippen LogP contribution in [0.25, 0.3) is 16.3 Å². The fourth-order valence-corrected chi connectivity index (χ4v) is 1.60. The van der Waals surface area contributed by atoms with E-state index in [9.17, 15) is 0 Å². The van der Waals surface area contributed by atoms with Gasteiger partial charge in [0, 0.05) is 0 Å². The molecule has 0 aromatic heterocycles. The third kappa shape index (κ3) is 2.25. The lowest BCUT2D eigenvalue weighted by Gasteiger charge is -2.03. The van der Waals surface area contributed by atoms with Gasteiger partial charge in [0.2, 0.25) is 0 Å². The molecule has 0 bridgehead atoms. The molecular formula is C14H17N. The highest BCUT2D eigenvalue weighted by molar-refractivity contribution is 5.85. The molecule has 0 aliphatic rings. The van der Waals surface area contributed by atoms with Crippen molar-refractivity contribution in [3.05, 3.63) is 54.1 Å². The van der Waals surface area contributed by atoms with Gasteiger partial charge in [-0.2, -0.15) is 0 Å². The van der Waals surface area contributed by atoms with Crippen molar-refractivity contribution in [3.8, 4) is 0 Å². The second kappa shape index (κ2) is 4.76. The van der Waals surface area contributed by atoms with Gasteiger partial charge in [-0.1, -0.05) is 42.5 Å². The lowest BCUT2D eigenvalue weighted by Crippen LogP contribution is -1.79. The summed E-state index contributed by atoms with van der Waals surface area (Å²) in [4.78, 5) is 0. The Hall–Kier alpha value is -1.60. The summed E-state index contributed by atoms with van der Waals surface area (Å²) in [6.45, 7) is 4.22. The van der Waals surface area contributed by atoms with Crippen molar-refractivity contribution in [2.45, 2.75) is 13.8 Å². The van der Waals surface area contributed by atoms with Crippen LogP contribution in [0.1, 0.15) is 19.4 Å². The third-order valence-corrected chi connectivity index (χ3v) is 2.64. The third-order valence-electron chi connectivity index (χ3n) is 2.64. The zero-order valence-corrected chi connectivity index (χ0v) is 9.33. The molecular weight excluding hydrogens is 182 g/mol. The predicted octanol–water partition coefficient (Wildman–Crippen LogP) is 4.43. The van der Waals surface area contributed by atoms with Gasteiger partial charge in [-0.3, -0.25) is 0 Å². The van der Waals surface area contributed by atoms with E-state index in [0.29, 0.717) is 0 Å². The number of allylic oxidation sites excluding steroid dienone is 2. The second-order valence-corrected chi connectivity index (χ2v) is 3.53. The Balaban J connectivity index is 0.00000112. The molecule has 0 spiro atoms. The average Bonchev–Trinajstić information content (AvgIpc) is 2.27. The molecule has 0 unspecified atom stereocenters. The van der Waals surface area contributed by atoms with Crippen LogP contribution in [0.2, 0.25) is 0 Å². The van der Waals surface area contributed by atoms with Gasteiger partial charge in [-0.15, -0.1) is 0 Å². The smallest absolute Gasteiger partial charge is 0.0178 e. The van der Waals surface area contributed by atoms with Crippen molar-refractivity contribution < 1.29 is 0 Å². The Morgan fingerprint density at radius 2 is 1.67 bits per heavy atom. The molecule has 2 aromatic rings. The molecule has 0 heterocycles. The van der Waals surface area contributed by atoms with E-state index in [1.54, 1.807) is 0 Å². The maximum atomic E-state index is 2.24. The van der Waals surface area contributed by atoms with Gasteiger partial charge in [0.15, 0.2) is 0 Å². The summed E-state index contributed by atoms with van der Waals surface area (Å²) < 4.78 is 0. The van der Waals surface area contributed by atoms with E-state index in [4.69, 9.17) is 0 Å². The van der Waals surface area contributed by atoms with Crippen LogP contribution in [0.4, 0.5) is 0 Å². The van der Waals surface area contributed by atoms with Crippen LogP contribution >= 0.6 is 0 Å². The standard InChI is InChI=1S/C14H14.H3N/c1-3-11(2)13-9-8-12-6-4-5-7-14(12)10-13;/h3-10H,1-2H3;1H3. The van der Waals surface area contributed by atoms with Gasteiger partial charge < -0.3 is 6.15 Å². The normalized spacial score (nSPS) is 11.2. The molecule has 3 N–H and O–H groups in total. The largest absolute Gasteiger partial charge is 0.344 e. The minimum atomic E-state index is 0. The number of fused-ring (bicyclic) bond motifs is 1. The van der Waals surface area contributed by atoms with Crippen LogP contribution in [0.15, 0.2) is 48.5 Å². The van der Waals surface area contributed by atoms with Crippen LogP contribution in [0.5, 0.6) is 0 Å². The maximum absolute atomic E-state index is 2.24. The van der Waals surface area contributed by atoms with Gasteiger partial charge in [-0.05, 0) is 41.8 Å². The molecule has 0 saturated heterocycles. The summed E-state index contributed by atoms with van der Waals surface area (Å²) in [5.41, 5.74) is 2.64. The van der Waals surface area contributed by atoms with Crippen molar-refractivity contribution in [2.24, 2.45) is 0 Å². The van der Waals surface area contributed by atoms with Gasteiger partial charge in [-0.25, -0.2) is 0 Å². The van der Waals surface area contributed by atoms with Crippen molar-refractivity contribution >= 4 is 16.3 Å². The van der Waals surface area contributed by atoms with Crippen molar-refractivity contribution in [3.63, 3.8) is 0 Å². The number of hydrogen-bond donors (Lipinski definition) is 1. The van der Waals surface area contributed by atoms with Crippen molar-refractivity contribution in [1.29, 1.82) is 0 Å². The molecule has 0 radical (unpaired) electrons. The average molecular weight is 199 g/mol. The van der Waals surface area contributed by atoms with E-state index in [1.807, 2.05) is 0 Å². The molecule has 1 nitrogen and oxygen atoms in total. The Morgan fingerprint density at radius 1 is 1.00 bits per heavy atom. The maximum Gasteiger partial charge on any atom is -0.0178 e. The minimum Gasteiger partial charge on any atom is -0.344 e. The summed E-state index contributed by atoms with van der Waals surface area (Å²) in [7, 11) is 0. The first kappa shape index (κ1) is 11.5. The Morgan fingerprint density at radius 3 is 2.33 bits per heavy atom. The second-order valence-electron chi connectivity index (χ2n) is 3.53. The summed E-state index contributed by atoms with van der Waals surface area (Å²) in [5.74, 6) is 0. The lowest BCUT2D eigenvalue weighted by atomic mass is 10.0. The first-order chi connectivity index (χ1) is 6.81. The molecule has 15 heavy (non-hydrogen) atoms. The first-order valence-electron chi connectivity index (χ1n) is 4.93. The van der Waals surface area contributed by atoms with Gasteiger partial charge in [0.1, 0.15) is 0 Å². The molecule has 0 aliphatic carbocycles. The minimum absolute atomic E-state index is 0. The SMILES string of the molecule is CC=C(C)c1ccc2ccccc2c1.N. The highest BCUT2D eigenvalue weighted by Crippen LogP contribution is 2.20. The van der Waals surface area contributed by atoms with E-state index in [0.717, 1.165) is 0 Å². The Bertz CT molecular complexity index is 483. The van der Waals surface area contributed by atoms with Crippen molar-refractivity contribution in [1.82, 2.24) is 6.15 Å². The predicted molar refractivity (Wildman–Crippen MR) is 68.3 cm³/mol. The molecule has 78 valence electrons. The molecule has 0 saturated carbocycles. The Labute approximate surface area is 91.0 Å². The molecule has 0 aliphatic heterocycles. The van der Waals surface area contributed by atoms with Crippen LogP contribution in [0.3, 0.4) is 0 Å². The van der Waals surface area contributed by atoms with Crippen LogP contribution in [-0.4, -0.2) is 0 Å². The van der Waals surface area contributed by atoms with Gasteiger partial charge in [0.25, 0.3) is 0 Å². The summed E-state index contributed by atoms with van der Waals surface area (Å²) in [5, 5.41) is 2.62. The van der Waals surface area contributed by atoms with E-state index in [1.165, 1.54) is 21.9 Å². The zero-order chi connectivity index (χ0) is 9.97. The Kier molecular flexibility index (Phi) is 3.64. The summed E-state index contributed by atoms with van der Waals surface area (Å²) in [6, 6.07) is 15.0. The molecule has 1 heteroatoms. The molecule has 2 aromatic carbocycles. The van der Waals surface area contributed by atoms with Crippen LogP contribution in [0, 0.1) is 0 Å². The molecule has 0 fully saturated rings. The number of benzene rings is 2. The molecule has 0 atom stereocenters. The van der Waals surface area contributed by atoms with E-state index in [-0.39, 0.29) is 6.15 Å². The highest BCUT2D eigenvalue weighted by atomic mass is 14.0. The van der Waals surface area contributed by atoms with Gasteiger partial charge >= 0.3 is 0 Å². The van der Waals surface area contributed by atoms with Crippen LogP contribution in [-0.2, 0) is 0 Å². The molecule has 0 amide bonds. The highest BCUT2D eigenvalue weighted by Gasteiger charge is 1.96. The van der Waals surface area contributed by atoms with Crippen molar-refractivity contribution in [2.75, 3.05) is 0 Å². The van der Waals surface area contributed by atoms with E-state index >= 15 is 0 Å². The van der Waals surface area contributed by atoms with Gasteiger partial charge in [0.05, 0.1) is 0 Å². The molecule has 2 rings (SSSR count). The number of hydrogen-bond acceptors (Lipinski definition) is 1. The fraction of sp³-hybridized carbons (Fsp3) is 0.143. The van der Waals surface area contributed by atoms with E-state index < -0.39 is 0 Å². The zero-order valence-electron chi connectivity index (χ0n) is 9.33. The summed E-state index contributed by atoms with van der Waals surface area (Å²) in [6.07, 6.45) is 2.14.